The van der Waals surface area contributed by atoms with Crippen LogP contribution in [0.2, 0.25) is 0 Å². The highest BCUT2D eigenvalue weighted by atomic mass is 32.2. The number of ether oxygens (including phenoxy) is 2. The number of carbonyl (C=O) groups excluding carboxylic acids is 4. The van der Waals surface area contributed by atoms with Crippen LogP contribution >= 0.6 is 0 Å². The monoisotopic (exact) mass is 954 g/mol. The lowest BCUT2D eigenvalue weighted by Gasteiger charge is -2.30. The minimum Gasteiger partial charge on any atom is -0.444 e. The fraction of sp³-hybridized carbons (Fsp3) is 0.407. The number of carbonyl (C=O) groups is 4. The predicted molar refractivity (Wildman–Crippen MR) is 266 cm³/mol. The summed E-state index contributed by atoms with van der Waals surface area (Å²) >= 11 is 0. The van der Waals surface area contributed by atoms with Gasteiger partial charge < -0.3 is 34.1 Å². The molecule has 4 amide bonds. The Balaban J connectivity index is 0.000000174. The Hall–Kier alpha value is -6.61. The molecule has 10 rings (SSSR count). The van der Waals surface area contributed by atoms with Gasteiger partial charge in [-0.3, -0.25) is 9.59 Å². The van der Waals surface area contributed by atoms with E-state index in [2.05, 4.69) is 35.3 Å². The number of hydrogen-bond donors (Lipinski definition) is 1. The maximum Gasteiger partial charge on any atom is 0.410 e. The van der Waals surface area contributed by atoms with Crippen LogP contribution in [-0.4, -0.2) is 104 Å². The summed E-state index contributed by atoms with van der Waals surface area (Å²) < 4.78 is 38.8. The summed E-state index contributed by atoms with van der Waals surface area (Å²) in [5, 5.41) is 1.69. The molecule has 0 unspecified atom stereocenters. The van der Waals surface area contributed by atoms with Crippen LogP contribution in [-0.2, 0) is 71.4 Å². The minimum atomic E-state index is -3.59. The molecule has 362 valence electrons. The van der Waals surface area contributed by atoms with Crippen LogP contribution < -0.4 is 0 Å². The molecule has 0 bridgehead atoms. The SMILES string of the molecule is CC(C)(C)OC(=O)N1CCc2[nH]c3ccc(C(=O)N4CCc5ccccc5C4)cc3c2C1.CCS(=O)(=O)n1c2c(c3cc(C(=O)N4CCc5ccccc5C4)ccc31)CN(C(=O)OC(C)(C)C)CC2. The van der Waals surface area contributed by atoms with E-state index in [1.54, 1.807) is 34.9 Å². The van der Waals surface area contributed by atoms with Crippen LogP contribution in [0.25, 0.3) is 21.8 Å². The predicted octanol–water partition coefficient (Wildman–Crippen LogP) is 8.99. The first-order valence-electron chi connectivity index (χ1n) is 24.0. The van der Waals surface area contributed by atoms with Crippen molar-refractivity contribution < 1.29 is 37.1 Å². The molecule has 4 aromatic carbocycles. The molecule has 69 heavy (non-hydrogen) atoms. The number of nitrogens with zero attached hydrogens (tertiary/aromatic N) is 5. The summed E-state index contributed by atoms with van der Waals surface area (Å²) in [5.74, 6) is -0.0837. The van der Waals surface area contributed by atoms with Crippen molar-refractivity contribution in [2.45, 2.75) is 112 Å². The molecule has 0 fully saturated rings. The number of aromatic amines is 1. The molecule has 0 spiro atoms. The average Bonchev–Trinajstić information content (AvgIpc) is 3.87. The molecule has 0 atom stereocenters. The molecule has 0 saturated carbocycles. The molecule has 6 aromatic rings. The van der Waals surface area contributed by atoms with Crippen LogP contribution in [0, 0.1) is 0 Å². The Labute approximate surface area is 404 Å². The second-order valence-electron chi connectivity index (χ2n) is 20.5. The zero-order valence-corrected chi connectivity index (χ0v) is 41.5. The lowest BCUT2D eigenvalue weighted by Crippen LogP contribution is -2.40. The number of hydrogen-bond acceptors (Lipinski definition) is 8. The Morgan fingerprint density at radius 2 is 1.04 bits per heavy atom. The topological polar surface area (TPSA) is 155 Å². The van der Waals surface area contributed by atoms with E-state index in [1.807, 2.05) is 87.7 Å². The van der Waals surface area contributed by atoms with Crippen LogP contribution in [0.1, 0.15) is 114 Å². The van der Waals surface area contributed by atoms with Crippen molar-refractivity contribution in [3.05, 3.63) is 141 Å². The first kappa shape index (κ1) is 47.5. The Bertz CT molecular complexity index is 3120. The van der Waals surface area contributed by atoms with Crippen LogP contribution in [0.4, 0.5) is 9.59 Å². The first-order valence-corrected chi connectivity index (χ1v) is 25.6. The lowest BCUT2D eigenvalue weighted by molar-refractivity contribution is 0.0214. The smallest absolute Gasteiger partial charge is 0.410 e. The third-order valence-electron chi connectivity index (χ3n) is 13.4. The third kappa shape index (κ3) is 9.83. The molecule has 0 saturated heterocycles. The van der Waals surface area contributed by atoms with Crippen molar-refractivity contribution in [2.24, 2.45) is 0 Å². The van der Waals surface area contributed by atoms with E-state index in [9.17, 15) is 27.6 Å². The summed E-state index contributed by atoms with van der Waals surface area (Å²) in [6.07, 6.45) is 2.09. The molecule has 2 aromatic heterocycles. The fourth-order valence-corrected chi connectivity index (χ4v) is 11.2. The van der Waals surface area contributed by atoms with Gasteiger partial charge in [0.25, 0.3) is 11.8 Å². The molecule has 0 aliphatic carbocycles. The number of rotatable bonds is 4. The molecule has 4 aliphatic heterocycles. The Morgan fingerprint density at radius 3 is 1.58 bits per heavy atom. The largest absolute Gasteiger partial charge is 0.444 e. The number of benzene rings is 4. The van der Waals surface area contributed by atoms with Gasteiger partial charge in [-0.25, -0.2) is 22.0 Å². The van der Waals surface area contributed by atoms with E-state index in [0.29, 0.717) is 73.4 Å². The van der Waals surface area contributed by atoms with Gasteiger partial charge in [-0.1, -0.05) is 48.5 Å². The van der Waals surface area contributed by atoms with Crippen LogP contribution in [0.3, 0.4) is 0 Å². The van der Waals surface area contributed by atoms with E-state index >= 15 is 0 Å². The average molecular weight is 955 g/mol. The number of amides is 4. The third-order valence-corrected chi connectivity index (χ3v) is 15.1. The molecule has 0 radical (unpaired) electrons. The molecule has 15 heteroatoms. The maximum atomic E-state index is 13.5. The first-order chi connectivity index (χ1) is 32.8. The molecule has 1 N–H and O–H groups in total. The number of nitrogens with one attached hydrogen (secondary N) is 1. The lowest BCUT2D eigenvalue weighted by atomic mass is 9.98. The Kier molecular flexibility index (Phi) is 12.6. The van der Waals surface area contributed by atoms with Gasteiger partial charge in [-0.2, -0.15) is 0 Å². The summed E-state index contributed by atoms with van der Waals surface area (Å²) in [4.78, 5) is 62.8. The molecule has 14 nitrogen and oxygen atoms in total. The van der Waals surface area contributed by atoms with Crippen molar-refractivity contribution in [3.8, 4) is 0 Å². The molecule has 6 heterocycles. The van der Waals surface area contributed by atoms with Gasteiger partial charge in [0, 0.05) is 102 Å². The summed E-state index contributed by atoms with van der Waals surface area (Å²) in [6.45, 7) is 16.9. The van der Waals surface area contributed by atoms with Crippen molar-refractivity contribution >= 4 is 55.8 Å². The zero-order valence-electron chi connectivity index (χ0n) is 40.7. The zero-order chi connectivity index (χ0) is 49.0. The van der Waals surface area contributed by atoms with Gasteiger partial charge in [0.05, 0.1) is 24.4 Å². The second-order valence-corrected chi connectivity index (χ2v) is 22.6. The van der Waals surface area contributed by atoms with E-state index in [4.69, 9.17) is 9.47 Å². The highest BCUT2D eigenvalue weighted by Crippen LogP contribution is 2.35. The number of fused-ring (bicyclic) bond motifs is 8. The number of aromatic nitrogens is 2. The van der Waals surface area contributed by atoms with E-state index in [0.717, 1.165) is 59.1 Å². The van der Waals surface area contributed by atoms with Crippen LogP contribution in [0.5, 0.6) is 0 Å². The quantitative estimate of drug-likeness (QED) is 0.184. The van der Waals surface area contributed by atoms with Gasteiger partial charge in [0.2, 0.25) is 10.0 Å². The van der Waals surface area contributed by atoms with Gasteiger partial charge in [0.15, 0.2) is 0 Å². The molecule has 4 aliphatic rings. The van der Waals surface area contributed by atoms with Gasteiger partial charge in [0.1, 0.15) is 11.2 Å². The summed E-state index contributed by atoms with van der Waals surface area (Å²) in [6, 6.07) is 27.6. The van der Waals surface area contributed by atoms with Gasteiger partial charge in [-0.15, -0.1) is 0 Å². The summed E-state index contributed by atoms with van der Waals surface area (Å²) in [7, 11) is -3.59. The van der Waals surface area contributed by atoms with Crippen molar-refractivity contribution in [1.82, 2.24) is 28.6 Å². The molecular formula is C54H62N6O8S. The van der Waals surface area contributed by atoms with E-state index in [-0.39, 0.29) is 30.2 Å². The molecular weight excluding hydrogens is 893 g/mol. The van der Waals surface area contributed by atoms with Gasteiger partial charge in [-0.05, 0) is 120 Å². The van der Waals surface area contributed by atoms with E-state index < -0.39 is 27.3 Å². The Morgan fingerprint density at radius 1 is 0.565 bits per heavy atom. The fourth-order valence-electron chi connectivity index (χ4n) is 9.91. The second kappa shape index (κ2) is 18.4. The van der Waals surface area contributed by atoms with Crippen molar-refractivity contribution in [1.29, 1.82) is 0 Å². The highest BCUT2D eigenvalue weighted by molar-refractivity contribution is 7.90. The van der Waals surface area contributed by atoms with Gasteiger partial charge >= 0.3 is 12.2 Å². The summed E-state index contributed by atoms with van der Waals surface area (Å²) in [5.41, 5.74) is 10.2. The van der Waals surface area contributed by atoms with Crippen LogP contribution in [0.15, 0.2) is 84.9 Å². The minimum absolute atomic E-state index is 0.0487. The number of H-pyrrole nitrogens is 1. The highest BCUT2D eigenvalue weighted by Gasteiger charge is 2.34. The van der Waals surface area contributed by atoms with Crippen molar-refractivity contribution in [2.75, 3.05) is 31.9 Å². The standard InChI is InChI=1S/C28H33N3O5S.C26H29N3O3/c1-5-37(34,35)31-24-11-10-20(26(32)29-14-12-19-8-6-7-9-21(19)17-29)16-22(24)23-18-30(15-13-25(23)31)27(33)36-28(2,3)4;1-26(2,3)32-25(31)29-13-11-23-21(16-29)20-14-18(8-9-22(20)27-23)24(30)28-12-10-17-6-4-5-7-19(17)15-28/h6-11,16H,5,12-15,17-18H2,1-4H3;4-9,14,27H,10-13,15-16H2,1-3H3. The normalized spacial score (nSPS) is 15.9. The van der Waals surface area contributed by atoms with E-state index in [1.165, 1.54) is 20.7 Å². The van der Waals surface area contributed by atoms with Crippen molar-refractivity contribution in [3.63, 3.8) is 0 Å². The maximum absolute atomic E-state index is 13.5.